The second kappa shape index (κ2) is 7.95. The summed E-state index contributed by atoms with van der Waals surface area (Å²) in [4.78, 5) is 29.9. The number of hydrogen-bond acceptors (Lipinski definition) is 2. The number of benzene rings is 2. The van der Waals surface area contributed by atoms with Crippen molar-refractivity contribution in [2.45, 2.75) is 25.7 Å². The first-order valence-corrected chi connectivity index (χ1v) is 9.96. The second-order valence-electron chi connectivity index (χ2n) is 7.53. The number of carbonyl (C=O) groups is 2. The first kappa shape index (κ1) is 17.8. The van der Waals surface area contributed by atoms with Crippen molar-refractivity contribution >= 4 is 11.8 Å². The Bertz CT molecular complexity index is 812. The van der Waals surface area contributed by atoms with E-state index in [1.54, 1.807) is 0 Å². The Morgan fingerprint density at radius 3 is 2.22 bits per heavy atom. The highest BCUT2D eigenvalue weighted by Crippen LogP contribution is 2.27. The molecule has 27 heavy (non-hydrogen) atoms. The van der Waals surface area contributed by atoms with E-state index in [4.69, 9.17) is 0 Å². The maximum atomic E-state index is 13.3. The molecule has 2 heterocycles. The minimum atomic E-state index is -0.0512. The van der Waals surface area contributed by atoms with E-state index in [1.165, 1.54) is 0 Å². The van der Waals surface area contributed by atoms with E-state index in [1.807, 2.05) is 64.4 Å². The fourth-order valence-corrected chi connectivity index (χ4v) is 4.27. The third-order valence-electron chi connectivity index (χ3n) is 5.72. The average molecular weight is 362 g/mol. The van der Waals surface area contributed by atoms with Crippen molar-refractivity contribution < 1.29 is 9.59 Å². The van der Waals surface area contributed by atoms with Crippen molar-refractivity contribution in [3.8, 4) is 11.1 Å². The zero-order valence-corrected chi connectivity index (χ0v) is 15.6. The van der Waals surface area contributed by atoms with Crippen LogP contribution in [0.25, 0.3) is 11.1 Å². The van der Waals surface area contributed by atoms with Crippen molar-refractivity contribution in [2.75, 3.05) is 26.2 Å². The highest BCUT2D eigenvalue weighted by molar-refractivity contribution is 6.01. The van der Waals surface area contributed by atoms with Gasteiger partial charge >= 0.3 is 0 Å². The average Bonchev–Trinajstić information content (AvgIpc) is 3.28. The molecule has 0 spiro atoms. The van der Waals surface area contributed by atoms with Gasteiger partial charge in [-0.2, -0.15) is 0 Å². The van der Waals surface area contributed by atoms with Crippen molar-refractivity contribution in [1.82, 2.24) is 9.80 Å². The van der Waals surface area contributed by atoms with Crippen LogP contribution in [0, 0.1) is 5.92 Å². The molecule has 0 N–H and O–H groups in total. The van der Waals surface area contributed by atoms with Crippen LogP contribution in [0.15, 0.2) is 54.6 Å². The summed E-state index contributed by atoms with van der Waals surface area (Å²) in [7, 11) is 0. The lowest BCUT2D eigenvalue weighted by molar-refractivity contribution is -0.135. The Morgan fingerprint density at radius 1 is 0.778 bits per heavy atom. The molecule has 2 aromatic rings. The van der Waals surface area contributed by atoms with Crippen LogP contribution in [0.1, 0.15) is 36.0 Å². The molecule has 140 valence electrons. The van der Waals surface area contributed by atoms with Crippen molar-refractivity contribution in [1.29, 1.82) is 0 Å². The molecule has 2 aliphatic heterocycles. The van der Waals surface area contributed by atoms with Gasteiger partial charge in [-0.25, -0.2) is 0 Å². The number of hydrogen-bond donors (Lipinski definition) is 0. The maximum Gasteiger partial charge on any atom is 0.254 e. The molecule has 4 heteroatoms. The van der Waals surface area contributed by atoms with E-state index in [0.717, 1.165) is 62.0 Å². The van der Waals surface area contributed by atoms with Crippen LogP contribution in [0.2, 0.25) is 0 Å². The van der Waals surface area contributed by atoms with Crippen LogP contribution < -0.4 is 0 Å². The van der Waals surface area contributed by atoms with Gasteiger partial charge in [0.15, 0.2) is 0 Å². The molecular formula is C23H26N2O2. The smallest absolute Gasteiger partial charge is 0.254 e. The lowest BCUT2D eigenvalue weighted by Crippen LogP contribution is -2.46. The summed E-state index contributed by atoms with van der Waals surface area (Å²) in [6, 6.07) is 17.8. The quantitative estimate of drug-likeness (QED) is 0.833. The molecule has 1 unspecified atom stereocenters. The molecule has 2 fully saturated rings. The van der Waals surface area contributed by atoms with Gasteiger partial charge in [0, 0.05) is 31.7 Å². The van der Waals surface area contributed by atoms with Gasteiger partial charge in [-0.3, -0.25) is 9.59 Å². The van der Waals surface area contributed by atoms with Gasteiger partial charge in [-0.1, -0.05) is 48.5 Å². The van der Waals surface area contributed by atoms with Crippen LogP contribution in [0.3, 0.4) is 0 Å². The van der Waals surface area contributed by atoms with Gasteiger partial charge in [0.1, 0.15) is 0 Å². The van der Waals surface area contributed by atoms with Crippen molar-refractivity contribution in [2.24, 2.45) is 5.92 Å². The standard InChI is InChI=1S/C23H26N2O2/c26-22(24-14-6-7-15-24)19-11-8-16-25(17-19)23(27)21-13-5-4-12-20(21)18-9-2-1-3-10-18/h1-5,9-10,12-13,19H,6-8,11,14-17H2. The number of piperidine rings is 1. The van der Waals surface area contributed by atoms with Gasteiger partial charge in [-0.15, -0.1) is 0 Å². The summed E-state index contributed by atoms with van der Waals surface area (Å²) in [6.07, 6.45) is 3.99. The fraction of sp³-hybridized carbons (Fsp3) is 0.391. The highest BCUT2D eigenvalue weighted by atomic mass is 16.2. The molecule has 2 aromatic carbocycles. The minimum absolute atomic E-state index is 0.0355. The fourth-order valence-electron chi connectivity index (χ4n) is 4.27. The molecule has 2 amide bonds. The number of carbonyl (C=O) groups excluding carboxylic acids is 2. The molecule has 0 saturated carbocycles. The molecule has 4 rings (SSSR count). The molecule has 2 saturated heterocycles. The summed E-state index contributed by atoms with van der Waals surface area (Å²) < 4.78 is 0. The molecule has 0 bridgehead atoms. The zero-order valence-electron chi connectivity index (χ0n) is 15.6. The van der Waals surface area contributed by atoms with E-state index < -0.39 is 0 Å². The normalized spacial score (nSPS) is 19.9. The molecule has 1 atom stereocenters. The van der Waals surface area contributed by atoms with Gasteiger partial charge in [0.2, 0.25) is 5.91 Å². The topological polar surface area (TPSA) is 40.6 Å². The Kier molecular flexibility index (Phi) is 5.23. The van der Waals surface area contributed by atoms with E-state index in [-0.39, 0.29) is 17.7 Å². The first-order chi connectivity index (χ1) is 13.2. The molecule has 2 aliphatic rings. The third-order valence-corrected chi connectivity index (χ3v) is 5.72. The Labute approximate surface area is 160 Å². The molecular weight excluding hydrogens is 336 g/mol. The number of rotatable bonds is 3. The summed E-state index contributed by atoms with van der Waals surface area (Å²) in [5, 5.41) is 0. The lowest BCUT2D eigenvalue weighted by atomic mass is 9.94. The summed E-state index contributed by atoms with van der Waals surface area (Å²) in [6.45, 7) is 3.02. The number of amides is 2. The van der Waals surface area contributed by atoms with Gasteiger partial charge in [0.25, 0.3) is 5.91 Å². The van der Waals surface area contributed by atoms with Crippen LogP contribution >= 0.6 is 0 Å². The Balaban J connectivity index is 1.54. The van der Waals surface area contributed by atoms with E-state index in [0.29, 0.717) is 6.54 Å². The van der Waals surface area contributed by atoms with E-state index >= 15 is 0 Å². The number of nitrogens with zero attached hydrogens (tertiary/aromatic N) is 2. The van der Waals surface area contributed by atoms with Gasteiger partial charge in [0.05, 0.1) is 5.92 Å². The van der Waals surface area contributed by atoms with Crippen molar-refractivity contribution in [3.05, 3.63) is 60.2 Å². The van der Waals surface area contributed by atoms with E-state index in [2.05, 4.69) is 0 Å². The number of likely N-dealkylation sites (tertiary alicyclic amines) is 2. The highest BCUT2D eigenvalue weighted by Gasteiger charge is 2.32. The largest absolute Gasteiger partial charge is 0.342 e. The minimum Gasteiger partial charge on any atom is -0.342 e. The summed E-state index contributed by atoms with van der Waals surface area (Å²) in [5.74, 6) is 0.222. The predicted octanol–water partition coefficient (Wildman–Crippen LogP) is 3.83. The third kappa shape index (κ3) is 3.75. The van der Waals surface area contributed by atoms with Gasteiger partial charge in [-0.05, 0) is 42.9 Å². The van der Waals surface area contributed by atoms with Crippen LogP contribution in [0.4, 0.5) is 0 Å². The van der Waals surface area contributed by atoms with Crippen LogP contribution in [-0.4, -0.2) is 47.8 Å². The lowest BCUT2D eigenvalue weighted by Gasteiger charge is -2.34. The first-order valence-electron chi connectivity index (χ1n) is 9.96. The van der Waals surface area contributed by atoms with Crippen LogP contribution in [0.5, 0.6) is 0 Å². The zero-order chi connectivity index (χ0) is 18.6. The Morgan fingerprint density at radius 2 is 1.44 bits per heavy atom. The maximum absolute atomic E-state index is 13.3. The van der Waals surface area contributed by atoms with Crippen molar-refractivity contribution in [3.63, 3.8) is 0 Å². The van der Waals surface area contributed by atoms with Crippen LogP contribution in [-0.2, 0) is 4.79 Å². The monoisotopic (exact) mass is 362 g/mol. The summed E-state index contributed by atoms with van der Waals surface area (Å²) in [5.41, 5.74) is 2.72. The Hall–Kier alpha value is -2.62. The molecule has 0 aromatic heterocycles. The SMILES string of the molecule is O=C(c1ccccc1-c1ccccc1)N1CCCC(C(=O)N2CCCC2)C1. The second-order valence-corrected chi connectivity index (χ2v) is 7.53. The van der Waals surface area contributed by atoms with Gasteiger partial charge < -0.3 is 9.80 Å². The molecule has 0 radical (unpaired) electrons. The predicted molar refractivity (Wildman–Crippen MR) is 106 cm³/mol. The van der Waals surface area contributed by atoms with E-state index in [9.17, 15) is 9.59 Å². The molecule has 0 aliphatic carbocycles. The summed E-state index contributed by atoms with van der Waals surface area (Å²) >= 11 is 0. The molecule has 4 nitrogen and oxygen atoms in total.